The molecular weight excluding hydrogens is 326 g/mol. The zero-order valence-corrected chi connectivity index (χ0v) is 14.8. The molecule has 1 amide bonds. The first-order valence-corrected chi connectivity index (χ1v) is 8.69. The minimum atomic E-state index is -0.834. The average Bonchev–Trinajstić information content (AvgIpc) is 2.86. The first kappa shape index (κ1) is 16.4. The first-order chi connectivity index (χ1) is 12.5. The number of aryl methyl sites for hydroxylation is 2. The Bertz CT molecular complexity index is 900. The molecular formula is C21H21N3O2. The lowest BCUT2D eigenvalue weighted by Gasteiger charge is -2.27. The van der Waals surface area contributed by atoms with E-state index in [0.717, 1.165) is 16.9 Å². The van der Waals surface area contributed by atoms with E-state index in [2.05, 4.69) is 10.5 Å². The molecule has 1 fully saturated rings. The molecule has 2 aromatic carbocycles. The summed E-state index contributed by atoms with van der Waals surface area (Å²) in [6.07, 6.45) is 4.07. The maximum atomic E-state index is 13.4. The SMILES string of the molecule is Cc1ccc(N[C@@]23C=C/C(=N/O)[C@@H](C2)N(c2ccc(C)cc2)C3=O)cc1. The predicted octanol–water partition coefficient (Wildman–Crippen LogP) is 3.66. The van der Waals surface area contributed by atoms with Crippen molar-refractivity contribution < 1.29 is 10.0 Å². The zero-order valence-electron chi connectivity index (χ0n) is 14.8. The molecule has 4 rings (SSSR count). The number of oxime groups is 1. The van der Waals surface area contributed by atoms with E-state index < -0.39 is 5.54 Å². The fourth-order valence-corrected chi connectivity index (χ4v) is 3.70. The van der Waals surface area contributed by atoms with Gasteiger partial charge in [-0.3, -0.25) is 4.79 Å². The molecule has 0 spiro atoms. The Kier molecular flexibility index (Phi) is 3.80. The second-order valence-electron chi connectivity index (χ2n) is 7.05. The topological polar surface area (TPSA) is 64.9 Å². The van der Waals surface area contributed by atoms with Crippen LogP contribution in [-0.2, 0) is 4.79 Å². The van der Waals surface area contributed by atoms with Crippen LogP contribution in [0.15, 0.2) is 65.8 Å². The number of nitrogens with zero attached hydrogens (tertiary/aromatic N) is 2. The number of rotatable bonds is 3. The Morgan fingerprint density at radius 3 is 2.31 bits per heavy atom. The maximum absolute atomic E-state index is 13.4. The molecule has 5 heteroatoms. The third-order valence-corrected chi connectivity index (χ3v) is 5.15. The number of carbonyl (C=O) groups excluding carboxylic acids is 1. The largest absolute Gasteiger partial charge is 0.411 e. The molecule has 2 N–H and O–H groups in total. The molecule has 1 heterocycles. The van der Waals surface area contributed by atoms with Gasteiger partial charge in [0.1, 0.15) is 11.3 Å². The van der Waals surface area contributed by atoms with Crippen molar-refractivity contribution in [2.75, 3.05) is 10.2 Å². The zero-order chi connectivity index (χ0) is 18.3. The molecule has 132 valence electrons. The van der Waals surface area contributed by atoms with Gasteiger partial charge >= 0.3 is 0 Å². The van der Waals surface area contributed by atoms with Crippen molar-refractivity contribution in [1.82, 2.24) is 0 Å². The fourth-order valence-electron chi connectivity index (χ4n) is 3.70. The lowest BCUT2D eigenvalue weighted by atomic mass is 9.87. The van der Waals surface area contributed by atoms with Crippen LogP contribution in [0.5, 0.6) is 0 Å². The number of anilines is 2. The summed E-state index contributed by atoms with van der Waals surface area (Å²) in [6.45, 7) is 4.04. The van der Waals surface area contributed by atoms with Crippen molar-refractivity contribution in [1.29, 1.82) is 0 Å². The summed E-state index contributed by atoms with van der Waals surface area (Å²) in [5.41, 5.74) is 3.66. The van der Waals surface area contributed by atoms with E-state index in [0.29, 0.717) is 12.1 Å². The fraction of sp³-hybridized carbons (Fsp3) is 0.238. The minimum absolute atomic E-state index is 0.0400. The van der Waals surface area contributed by atoms with Gasteiger partial charge in [-0.25, -0.2) is 0 Å². The van der Waals surface area contributed by atoms with Gasteiger partial charge < -0.3 is 15.4 Å². The molecule has 1 saturated heterocycles. The molecule has 0 radical (unpaired) electrons. The number of fused-ring (bicyclic) bond motifs is 2. The lowest BCUT2D eigenvalue weighted by Crippen LogP contribution is -2.45. The number of carbonyl (C=O) groups is 1. The monoisotopic (exact) mass is 347 g/mol. The Morgan fingerprint density at radius 2 is 1.69 bits per heavy atom. The molecule has 0 saturated carbocycles. The second-order valence-corrected chi connectivity index (χ2v) is 7.05. The number of hydrogen-bond donors (Lipinski definition) is 2. The van der Waals surface area contributed by atoms with E-state index in [1.807, 2.05) is 68.5 Å². The highest BCUT2D eigenvalue weighted by Gasteiger charge is 2.54. The summed E-state index contributed by atoms with van der Waals surface area (Å²) in [5, 5.41) is 16.2. The number of hydrogen-bond acceptors (Lipinski definition) is 4. The van der Waals surface area contributed by atoms with E-state index in [1.54, 1.807) is 11.0 Å². The summed E-state index contributed by atoms with van der Waals surface area (Å²) in [4.78, 5) is 15.1. The van der Waals surface area contributed by atoms with Crippen LogP contribution in [0, 0.1) is 13.8 Å². The van der Waals surface area contributed by atoms with Crippen LogP contribution in [0.4, 0.5) is 11.4 Å². The minimum Gasteiger partial charge on any atom is -0.411 e. The highest BCUT2D eigenvalue weighted by molar-refractivity contribution is 6.18. The van der Waals surface area contributed by atoms with Crippen LogP contribution in [0.3, 0.4) is 0 Å². The Labute approximate surface area is 152 Å². The van der Waals surface area contributed by atoms with Crippen LogP contribution >= 0.6 is 0 Å². The van der Waals surface area contributed by atoms with Crippen molar-refractivity contribution in [2.24, 2.45) is 5.16 Å². The van der Waals surface area contributed by atoms with Crippen molar-refractivity contribution in [3.63, 3.8) is 0 Å². The highest BCUT2D eigenvalue weighted by atomic mass is 16.4. The van der Waals surface area contributed by atoms with Crippen LogP contribution < -0.4 is 10.2 Å². The summed E-state index contributed by atoms with van der Waals surface area (Å²) in [7, 11) is 0. The molecule has 26 heavy (non-hydrogen) atoms. The van der Waals surface area contributed by atoms with Gasteiger partial charge in [0.15, 0.2) is 0 Å². The van der Waals surface area contributed by atoms with E-state index in [1.165, 1.54) is 5.56 Å². The van der Waals surface area contributed by atoms with Gasteiger partial charge in [-0.15, -0.1) is 0 Å². The molecule has 1 aliphatic heterocycles. The molecule has 2 aliphatic rings. The third kappa shape index (κ3) is 2.56. The number of amides is 1. The second kappa shape index (κ2) is 6.02. The van der Waals surface area contributed by atoms with Gasteiger partial charge in [0, 0.05) is 17.8 Å². The first-order valence-electron chi connectivity index (χ1n) is 8.69. The summed E-state index contributed by atoms with van der Waals surface area (Å²) in [5.74, 6) is -0.0400. The normalized spacial score (nSPS) is 25.8. The van der Waals surface area contributed by atoms with Crippen LogP contribution in [0.1, 0.15) is 17.5 Å². The average molecular weight is 347 g/mol. The van der Waals surface area contributed by atoms with Crippen molar-refractivity contribution in [3.05, 3.63) is 71.8 Å². The maximum Gasteiger partial charge on any atom is 0.257 e. The van der Waals surface area contributed by atoms with Crippen LogP contribution in [-0.4, -0.2) is 28.4 Å². The molecule has 0 unspecified atom stereocenters. The molecule has 1 aliphatic carbocycles. The molecule has 0 aromatic heterocycles. The predicted molar refractivity (Wildman–Crippen MR) is 103 cm³/mol. The smallest absolute Gasteiger partial charge is 0.257 e. The molecule has 2 bridgehead atoms. The van der Waals surface area contributed by atoms with Crippen molar-refractivity contribution in [3.8, 4) is 0 Å². The van der Waals surface area contributed by atoms with Gasteiger partial charge in [0.05, 0.1) is 6.04 Å². The van der Waals surface area contributed by atoms with E-state index in [-0.39, 0.29) is 11.9 Å². The van der Waals surface area contributed by atoms with Gasteiger partial charge in [-0.1, -0.05) is 40.5 Å². The van der Waals surface area contributed by atoms with E-state index in [9.17, 15) is 10.0 Å². The molecule has 5 nitrogen and oxygen atoms in total. The van der Waals surface area contributed by atoms with Crippen LogP contribution in [0.25, 0.3) is 0 Å². The lowest BCUT2D eigenvalue weighted by molar-refractivity contribution is -0.119. The summed E-state index contributed by atoms with van der Waals surface area (Å²) >= 11 is 0. The van der Waals surface area contributed by atoms with Gasteiger partial charge in [0.25, 0.3) is 5.91 Å². The summed E-state index contributed by atoms with van der Waals surface area (Å²) in [6, 6.07) is 15.5. The van der Waals surface area contributed by atoms with E-state index >= 15 is 0 Å². The van der Waals surface area contributed by atoms with Gasteiger partial charge in [-0.05, 0) is 50.3 Å². The Hall–Kier alpha value is -3.08. The van der Waals surface area contributed by atoms with Gasteiger partial charge in [0.2, 0.25) is 0 Å². The Balaban J connectivity index is 1.74. The number of benzene rings is 2. The standard InChI is InChI=1S/C21H21N3O2/c1-14-3-7-16(8-4-14)22-21-12-11-18(23-26)19(13-21)24(20(21)25)17-9-5-15(2)6-10-17/h3-12,19,22,26H,13H2,1-2H3/b23-18-/t19-,21+/m1/s1. The molecule has 2 atom stereocenters. The van der Waals surface area contributed by atoms with Crippen LogP contribution in [0.2, 0.25) is 0 Å². The Morgan fingerprint density at radius 1 is 1.08 bits per heavy atom. The summed E-state index contributed by atoms with van der Waals surface area (Å²) < 4.78 is 0. The van der Waals surface area contributed by atoms with Crippen molar-refractivity contribution in [2.45, 2.75) is 31.8 Å². The van der Waals surface area contributed by atoms with Gasteiger partial charge in [-0.2, -0.15) is 0 Å². The third-order valence-electron chi connectivity index (χ3n) is 5.15. The number of nitrogens with one attached hydrogen (secondary N) is 1. The quantitative estimate of drug-likeness (QED) is 0.658. The van der Waals surface area contributed by atoms with E-state index in [4.69, 9.17) is 0 Å². The molecule has 2 aromatic rings. The van der Waals surface area contributed by atoms with Crippen molar-refractivity contribution >= 4 is 23.0 Å². The highest BCUT2D eigenvalue weighted by Crippen LogP contribution is 2.40.